The molecule has 92 valence electrons. The van der Waals surface area contributed by atoms with Crippen LogP contribution in [0.4, 0.5) is 5.13 Å². The first kappa shape index (κ1) is 12.3. The number of phenolic OH excluding ortho intramolecular Hbond substituents is 1. The minimum absolute atomic E-state index is 0.132. The fraction of sp³-hybridized carbons (Fsp3) is 0.0769. The Morgan fingerprint density at radius 2 is 2.28 bits per heavy atom. The van der Waals surface area contributed by atoms with Gasteiger partial charge in [-0.15, -0.1) is 11.3 Å². The van der Waals surface area contributed by atoms with Crippen LogP contribution in [0, 0.1) is 0 Å². The first-order chi connectivity index (χ1) is 8.63. The van der Waals surface area contributed by atoms with Gasteiger partial charge in [-0.25, -0.2) is 4.98 Å². The third kappa shape index (κ3) is 3.43. The van der Waals surface area contributed by atoms with Gasteiger partial charge in [-0.2, -0.15) is 0 Å². The highest BCUT2D eigenvalue weighted by molar-refractivity contribution is 7.14. The van der Waals surface area contributed by atoms with E-state index >= 15 is 0 Å². The standard InChI is InChI=1S/C13H12N2O2S/c1-9(16)14-13-15-11(8-18-13)6-5-10-3-2-4-12(17)7-10/h2-8,17H,1H3,(H,14,15,16). The smallest absolute Gasteiger partial charge is 0.223 e. The molecular formula is C13H12N2O2S. The number of aromatic hydroxyl groups is 1. The van der Waals surface area contributed by atoms with Gasteiger partial charge in [0, 0.05) is 12.3 Å². The van der Waals surface area contributed by atoms with Crippen LogP contribution >= 0.6 is 11.3 Å². The Hall–Kier alpha value is -2.14. The molecule has 1 aromatic carbocycles. The maximum absolute atomic E-state index is 10.8. The minimum Gasteiger partial charge on any atom is -0.508 e. The quantitative estimate of drug-likeness (QED) is 0.891. The lowest BCUT2D eigenvalue weighted by molar-refractivity contribution is -0.114. The fourth-order valence-electron chi connectivity index (χ4n) is 1.38. The van der Waals surface area contributed by atoms with Gasteiger partial charge >= 0.3 is 0 Å². The number of anilines is 1. The number of carbonyl (C=O) groups excluding carboxylic acids is 1. The zero-order chi connectivity index (χ0) is 13.0. The molecule has 0 unspecified atom stereocenters. The van der Waals surface area contributed by atoms with Crippen LogP contribution in [0.5, 0.6) is 5.75 Å². The van der Waals surface area contributed by atoms with Gasteiger partial charge in [0.2, 0.25) is 5.91 Å². The molecule has 0 spiro atoms. The molecule has 4 nitrogen and oxygen atoms in total. The predicted octanol–water partition coefficient (Wildman–Crippen LogP) is 2.98. The number of benzene rings is 1. The number of phenols is 1. The molecule has 0 bridgehead atoms. The van der Waals surface area contributed by atoms with Gasteiger partial charge in [-0.3, -0.25) is 4.79 Å². The molecule has 1 amide bonds. The van der Waals surface area contributed by atoms with Gasteiger partial charge in [0.15, 0.2) is 5.13 Å². The highest BCUT2D eigenvalue weighted by Gasteiger charge is 2.00. The summed E-state index contributed by atoms with van der Waals surface area (Å²) in [6.07, 6.45) is 3.68. The number of carbonyl (C=O) groups is 1. The Morgan fingerprint density at radius 1 is 1.44 bits per heavy atom. The summed E-state index contributed by atoms with van der Waals surface area (Å²) in [6.45, 7) is 1.45. The number of amides is 1. The summed E-state index contributed by atoms with van der Waals surface area (Å²) in [5.41, 5.74) is 1.66. The summed E-state index contributed by atoms with van der Waals surface area (Å²) < 4.78 is 0. The molecule has 5 heteroatoms. The molecule has 0 atom stereocenters. The molecule has 2 aromatic rings. The van der Waals surface area contributed by atoms with Gasteiger partial charge in [-0.1, -0.05) is 18.2 Å². The average molecular weight is 260 g/mol. The third-order valence-corrected chi connectivity index (χ3v) is 2.90. The largest absolute Gasteiger partial charge is 0.508 e. The molecule has 1 aromatic heterocycles. The summed E-state index contributed by atoms with van der Waals surface area (Å²) in [7, 11) is 0. The molecular weight excluding hydrogens is 248 g/mol. The molecule has 1 heterocycles. The zero-order valence-corrected chi connectivity index (χ0v) is 10.6. The van der Waals surface area contributed by atoms with E-state index in [2.05, 4.69) is 10.3 Å². The number of hydrogen-bond donors (Lipinski definition) is 2. The average Bonchev–Trinajstić information content (AvgIpc) is 2.73. The van der Waals surface area contributed by atoms with Crippen LogP contribution in [-0.2, 0) is 4.79 Å². The highest BCUT2D eigenvalue weighted by Crippen LogP contribution is 2.18. The monoisotopic (exact) mass is 260 g/mol. The van der Waals surface area contributed by atoms with Crippen molar-refractivity contribution in [2.75, 3.05) is 5.32 Å². The Balaban J connectivity index is 2.09. The lowest BCUT2D eigenvalue weighted by atomic mass is 10.2. The molecule has 0 fully saturated rings. The lowest BCUT2D eigenvalue weighted by Crippen LogP contribution is -2.04. The molecule has 0 aliphatic heterocycles. The van der Waals surface area contributed by atoms with Crippen LogP contribution < -0.4 is 5.32 Å². The van der Waals surface area contributed by atoms with E-state index in [0.29, 0.717) is 5.13 Å². The first-order valence-electron chi connectivity index (χ1n) is 5.34. The number of hydrogen-bond acceptors (Lipinski definition) is 4. The maximum Gasteiger partial charge on any atom is 0.223 e. The lowest BCUT2D eigenvalue weighted by Gasteiger charge is -1.94. The highest BCUT2D eigenvalue weighted by atomic mass is 32.1. The van der Waals surface area contributed by atoms with Crippen LogP contribution in [-0.4, -0.2) is 16.0 Å². The van der Waals surface area contributed by atoms with Crippen LogP contribution in [0.2, 0.25) is 0 Å². The summed E-state index contributed by atoms with van der Waals surface area (Å²) in [5, 5.41) is 14.4. The van der Waals surface area contributed by atoms with Gasteiger partial charge in [0.25, 0.3) is 0 Å². The van der Waals surface area contributed by atoms with Gasteiger partial charge in [-0.05, 0) is 23.8 Å². The number of thiazole rings is 1. The Morgan fingerprint density at radius 3 is 3.00 bits per heavy atom. The van der Waals surface area contributed by atoms with Crippen LogP contribution in [0.15, 0.2) is 29.6 Å². The normalized spacial score (nSPS) is 10.7. The Labute approximate surface area is 109 Å². The van der Waals surface area contributed by atoms with E-state index in [1.54, 1.807) is 18.2 Å². The van der Waals surface area contributed by atoms with Crippen molar-refractivity contribution in [2.24, 2.45) is 0 Å². The second-order valence-electron chi connectivity index (χ2n) is 3.69. The molecule has 0 radical (unpaired) electrons. The minimum atomic E-state index is -0.132. The molecule has 18 heavy (non-hydrogen) atoms. The molecule has 0 saturated heterocycles. The van der Waals surface area contributed by atoms with Gasteiger partial charge in [0.1, 0.15) is 5.75 Å². The van der Waals surface area contributed by atoms with E-state index in [0.717, 1.165) is 11.3 Å². The Kier molecular flexibility index (Phi) is 3.74. The van der Waals surface area contributed by atoms with Crippen molar-refractivity contribution in [3.8, 4) is 5.75 Å². The fourth-order valence-corrected chi connectivity index (χ4v) is 2.11. The number of aromatic nitrogens is 1. The van der Waals surface area contributed by atoms with E-state index < -0.39 is 0 Å². The predicted molar refractivity (Wildman–Crippen MR) is 73.5 cm³/mol. The van der Waals surface area contributed by atoms with Crippen molar-refractivity contribution in [1.82, 2.24) is 4.98 Å². The van der Waals surface area contributed by atoms with Gasteiger partial charge < -0.3 is 10.4 Å². The van der Waals surface area contributed by atoms with Crippen molar-refractivity contribution in [3.63, 3.8) is 0 Å². The zero-order valence-electron chi connectivity index (χ0n) is 9.75. The van der Waals surface area contributed by atoms with Gasteiger partial charge in [0.05, 0.1) is 5.69 Å². The molecule has 2 N–H and O–H groups in total. The Bertz CT molecular complexity index is 590. The molecule has 2 rings (SSSR count). The third-order valence-electron chi connectivity index (χ3n) is 2.12. The van der Waals surface area contributed by atoms with Crippen molar-refractivity contribution < 1.29 is 9.90 Å². The second kappa shape index (κ2) is 5.46. The molecule has 0 aliphatic rings. The number of nitrogens with one attached hydrogen (secondary N) is 1. The number of nitrogens with zero attached hydrogens (tertiary/aromatic N) is 1. The first-order valence-corrected chi connectivity index (χ1v) is 6.22. The molecule has 0 aliphatic carbocycles. The van der Waals surface area contributed by atoms with Crippen LogP contribution in [0.1, 0.15) is 18.2 Å². The van der Waals surface area contributed by atoms with Crippen molar-refractivity contribution in [1.29, 1.82) is 0 Å². The second-order valence-corrected chi connectivity index (χ2v) is 4.55. The van der Waals surface area contributed by atoms with E-state index in [-0.39, 0.29) is 11.7 Å². The maximum atomic E-state index is 10.8. The van der Waals surface area contributed by atoms with Crippen molar-refractivity contribution in [2.45, 2.75) is 6.92 Å². The van der Waals surface area contributed by atoms with E-state index in [1.165, 1.54) is 18.3 Å². The van der Waals surface area contributed by atoms with Crippen molar-refractivity contribution >= 4 is 34.5 Å². The summed E-state index contributed by atoms with van der Waals surface area (Å²) in [4.78, 5) is 15.1. The van der Waals surface area contributed by atoms with Crippen molar-refractivity contribution in [3.05, 3.63) is 40.9 Å². The topological polar surface area (TPSA) is 62.2 Å². The van der Waals surface area contributed by atoms with Crippen LogP contribution in [0.25, 0.3) is 12.2 Å². The number of rotatable bonds is 3. The van der Waals surface area contributed by atoms with E-state index in [9.17, 15) is 9.90 Å². The summed E-state index contributed by atoms with van der Waals surface area (Å²) in [5.74, 6) is 0.0993. The van der Waals surface area contributed by atoms with Crippen LogP contribution in [0.3, 0.4) is 0 Å². The SMILES string of the molecule is CC(=O)Nc1nc(C=Cc2cccc(O)c2)cs1. The van der Waals surface area contributed by atoms with E-state index in [1.807, 2.05) is 23.6 Å². The molecule has 0 saturated carbocycles. The summed E-state index contributed by atoms with van der Waals surface area (Å²) >= 11 is 1.37. The summed E-state index contributed by atoms with van der Waals surface area (Å²) in [6, 6.07) is 6.95. The van der Waals surface area contributed by atoms with E-state index in [4.69, 9.17) is 0 Å².